The van der Waals surface area contributed by atoms with E-state index in [1.54, 1.807) is 0 Å². The number of halogens is 1. The van der Waals surface area contributed by atoms with Crippen LogP contribution >= 0.6 is 22.6 Å². The number of amides is 1. The lowest BCUT2D eigenvalue weighted by Gasteiger charge is -2.58. The standard InChI is InChI=1S/C26H32INO2/c1-25-13-11-17(29)15-16(25)7-8-18-19-9-10-21(26(19,2)14-12-20(18)25)24(30)28-23-6-4-3-5-22(23)27/h3-6,11,13,16,18-21H,7-10,12,14-15H2,1-2H3,(H,28,30)/t16?,18-,19-,20+,21?,25-,26-/m0/s1. The maximum Gasteiger partial charge on any atom is 0.228 e. The Kier molecular flexibility index (Phi) is 5.15. The highest BCUT2D eigenvalue weighted by Crippen LogP contribution is 2.66. The molecule has 7 atom stereocenters. The summed E-state index contributed by atoms with van der Waals surface area (Å²) >= 11 is 2.30. The predicted octanol–water partition coefficient (Wildman–Crippen LogP) is 6.23. The van der Waals surface area contributed by atoms with Gasteiger partial charge in [-0.1, -0.05) is 32.1 Å². The summed E-state index contributed by atoms with van der Waals surface area (Å²) in [5.74, 6) is 3.13. The van der Waals surface area contributed by atoms with Gasteiger partial charge in [-0.2, -0.15) is 0 Å². The summed E-state index contributed by atoms with van der Waals surface area (Å²) < 4.78 is 1.09. The number of fused-ring (bicyclic) bond motifs is 5. The molecule has 3 nitrogen and oxygen atoms in total. The zero-order valence-electron chi connectivity index (χ0n) is 18.0. The Hall–Kier alpha value is -1.17. The molecule has 1 N–H and O–H groups in total. The average Bonchev–Trinajstić information content (AvgIpc) is 3.07. The van der Waals surface area contributed by atoms with Crippen molar-refractivity contribution in [2.75, 3.05) is 5.32 Å². The van der Waals surface area contributed by atoms with Gasteiger partial charge in [-0.15, -0.1) is 0 Å². The third kappa shape index (κ3) is 3.11. The van der Waals surface area contributed by atoms with Crippen molar-refractivity contribution < 1.29 is 9.59 Å². The van der Waals surface area contributed by atoms with E-state index in [0.717, 1.165) is 28.5 Å². The summed E-state index contributed by atoms with van der Waals surface area (Å²) in [5.41, 5.74) is 1.20. The predicted molar refractivity (Wildman–Crippen MR) is 128 cm³/mol. The van der Waals surface area contributed by atoms with E-state index in [4.69, 9.17) is 0 Å². The maximum atomic E-state index is 13.4. The summed E-state index contributed by atoms with van der Waals surface area (Å²) in [4.78, 5) is 25.4. The molecule has 1 aromatic carbocycles. The summed E-state index contributed by atoms with van der Waals surface area (Å²) in [7, 11) is 0. The van der Waals surface area contributed by atoms with Crippen molar-refractivity contribution in [3.63, 3.8) is 0 Å². The largest absolute Gasteiger partial charge is 0.325 e. The third-order valence-electron chi connectivity index (χ3n) is 9.49. The molecule has 5 rings (SSSR count). The van der Waals surface area contributed by atoms with Crippen LogP contribution < -0.4 is 5.32 Å². The van der Waals surface area contributed by atoms with Gasteiger partial charge in [-0.05, 0) is 114 Å². The van der Waals surface area contributed by atoms with E-state index in [9.17, 15) is 9.59 Å². The highest BCUT2D eigenvalue weighted by molar-refractivity contribution is 14.1. The van der Waals surface area contributed by atoms with Crippen molar-refractivity contribution in [2.45, 2.75) is 58.8 Å². The van der Waals surface area contributed by atoms with E-state index in [2.05, 4.69) is 47.8 Å². The summed E-state index contributed by atoms with van der Waals surface area (Å²) in [6.45, 7) is 4.81. The summed E-state index contributed by atoms with van der Waals surface area (Å²) in [6.07, 6.45) is 11.8. The second-order valence-electron chi connectivity index (χ2n) is 10.7. The molecule has 3 fully saturated rings. The second-order valence-corrected chi connectivity index (χ2v) is 11.8. The Morgan fingerprint density at radius 1 is 1.07 bits per heavy atom. The fraction of sp³-hybridized carbons (Fsp3) is 0.615. The molecule has 0 spiro atoms. The SMILES string of the molecule is C[C@]12C=CC(=O)CC1CC[C@@H]1[C@H]2CC[C@]2(C)C(C(=O)Nc3ccccc3I)CC[C@@H]12. The van der Waals surface area contributed by atoms with Gasteiger partial charge in [0.2, 0.25) is 5.91 Å². The van der Waals surface area contributed by atoms with Gasteiger partial charge >= 0.3 is 0 Å². The number of allylic oxidation sites excluding steroid dienone is 2. The minimum Gasteiger partial charge on any atom is -0.325 e. The Balaban J connectivity index is 1.38. The second kappa shape index (κ2) is 7.46. The number of nitrogens with one attached hydrogen (secondary N) is 1. The highest BCUT2D eigenvalue weighted by Gasteiger charge is 2.60. The lowest BCUT2D eigenvalue weighted by Crippen LogP contribution is -2.53. The number of hydrogen-bond donors (Lipinski definition) is 1. The molecule has 1 amide bonds. The van der Waals surface area contributed by atoms with E-state index in [-0.39, 0.29) is 22.7 Å². The van der Waals surface area contributed by atoms with Crippen LogP contribution in [-0.4, -0.2) is 11.7 Å². The molecule has 0 radical (unpaired) electrons. The Morgan fingerprint density at radius 2 is 1.87 bits per heavy atom. The molecule has 0 saturated heterocycles. The molecule has 0 bridgehead atoms. The van der Waals surface area contributed by atoms with Crippen LogP contribution in [0.5, 0.6) is 0 Å². The zero-order chi connectivity index (χ0) is 21.1. The molecule has 0 aliphatic heterocycles. The summed E-state index contributed by atoms with van der Waals surface area (Å²) in [5, 5.41) is 3.24. The van der Waals surface area contributed by atoms with E-state index < -0.39 is 0 Å². The number of hydrogen-bond acceptors (Lipinski definition) is 2. The number of anilines is 1. The van der Waals surface area contributed by atoms with Crippen LogP contribution in [0.4, 0.5) is 5.69 Å². The van der Waals surface area contributed by atoms with Gasteiger partial charge < -0.3 is 5.32 Å². The molecular formula is C26H32INO2. The first-order valence-corrected chi connectivity index (χ1v) is 12.7. The van der Waals surface area contributed by atoms with Gasteiger partial charge in [-0.3, -0.25) is 9.59 Å². The van der Waals surface area contributed by atoms with Crippen LogP contribution in [0.3, 0.4) is 0 Å². The van der Waals surface area contributed by atoms with E-state index >= 15 is 0 Å². The zero-order valence-corrected chi connectivity index (χ0v) is 20.2. The van der Waals surface area contributed by atoms with E-state index in [0.29, 0.717) is 29.5 Å². The summed E-state index contributed by atoms with van der Waals surface area (Å²) in [6, 6.07) is 8.05. The average molecular weight is 517 g/mol. The first-order chi connectivity index (χ1) is 14.3. The van der Waals surface area contributed by atoms with Gasteiger partial charge in [-0.25, -0.2) is 0 Å². The highest BCUT2D eigenvalue weighted by atomic mass is 127. The maximum absolute atomic E-state index is 13.4. The molecule has 0 heterocycles. The quantitative estimate of drug-likeness (QED) is 0.473. The van der Waals surface area contributed by atoms with Crippen LogP contribution in [-0.2, 0) is 9.59 Å². The van der Waals surface area contributed by atoms with Gasteiger partial charge in [0.25, 0.3) is 0 Å². The van der Waals surface area contributed by atoms with Crippen molar-refractivity contribution in [3.05, 3.63) is 40.0 Å². The van der Waals surface area contributed by atoms with Crippen LogP contribution in [0.15, 0.2) is 36.4 Å². The molecule has 4 aliphatic carbocycles. The minimum absolute atomic E-state index is 0.100. The number of benzene rings is 1. The molecule has 30 heavy (non-hydrogen) atoms. The van der Waals surface area contributed by atoms with Gasteiger partial charge in [0.1, 0.15) is 0 Å². The van der Waals surface area contributed by atoms with Crippen molar-refractivity contribution in [2.24, 2.45) is 40.4 Å². The number of carbonyl (C=O) groups excluding carboxylic acids is 2. The molecule has 3 saturated carbocycles. The smallest absolute Gasteiger partial charge is 0.228 e. The molecule has 0 aromatic heterocycles. The lowest BCUT2D eigenvalue weighted by molar-refractivity contribution is -0.130. The fourth-order valence-corrected chi connectivity index (χ4v) is 8.37. The van der Waals surface area contributed by atoms with E-state index in [1.807, 2.05) is 30.3 Å². The van der Waals surface area contributed by atoms with Crippen LogP contribution in [0.2, 0.25) is 0 Å². The minimum atomic E-state index is 0.100. The number of ketones is 1. The first-order valence-electron chi connectivity index (χ1n) is 11.6. The number of carbonyl (C=O) groups is 2. The molecule has 1 aromatic rings. The van der Waals surface area contributed by atoms with Gasteiger partial charge in [0.15, 0.2) is 5.78 Å². The Bertz CT molecular complexity index is 910. The normalized spacial score (nSPS) is 42.2. The topological polar surface area (TPSA) is 46.2 Å². The van der Waals surface area contributed by atoms with Crippen LogP contribution in [0, 0.1) is 44.0 Å². The molecular weight excluding hydrogens is 485 g/mol. The molecule has 160 valence electrons. The van der Waals surface area contributed by atoms with Crippen LogP contribution in [0.1, 0.15) is 58.8 Å². The van der Waals surface area contributed by atoms with Crippen LogP contribution in [0.25, 0.3) is 0 Å². The molecule has 2 unspecified atom stereocenters. The van der Waals surface area contributed by atoms with Crippen molar-refractivity contribution in [1.82, 2.24) is 0 Å². The van der Waals surface area contributed by atoms with Crippen molar-refractivity contribution in [1.29, 1.82) is 0 Å². The van der Waals surface area contributed by atoms with Crippen molar-refractivity contribution >= 4 is 40.0 Å². The van der Waals surface area contributed by atoms with Gasteiger partial charge in [0, 0.05) is 15.9 Å². The molecule has 4 aliphatic rings. The lowest BCUT2D eigenvalue weighted by atomic mass is 9.46. The van der Waals surface area contributed by atoms with E-state index in [1.165, 1.54) is 25.7 Å². The van der Waals surface area contributed by atoms with Gasteiger partial charge in [0.05, 0.1) is 5.69 Å². The fourth-order valence-electron chi connectivity index (χ4n) is 7.85. The van der Waals surface area contributed by atoms with Crippen molar-refractivity contribution in [3.8, 4) is 0 Å². The first kappa shape index (κ1) is 20.7. The Morgan fingerprint density at radius 3 is 2.67 bits per heavy atom. The number of para-hydroxylation sites is 1. The Labute approximate surface area is 193 Å². The monoisotopic (exact) mass is 517 g/mol. The molecule has 4 heteroatoms. The number of rotatable bonds is 2. The third-order valence-corrected chi connectivity index (χ3v) is 10.4.